The standard InChI is InChI=1S/C13H9ClN2O2S/c1-7-2-4-9(14)13-12(7)15-10-5-3-8(16(17)18)6-11(10)19-13/h2-6,15H,1H3. The van der Waals surface area contributed by atoms with Gasteiger partial charge in [-0.2, -0.15) is 0 Å². The third kappa shape index (κ3) is 2.05. The van der Waals surface area contributed by atoms with Gasteiger partial charge in [0.05, 0.1) is 26.2 Å². The summed E-state index contributed by atoms with van der Waals surface area (Å²) in [6, 6.07) is 8.58. The minimum Gasteiger partial charge on any atom is -0.353 e. The van der Waals surface area contributed by atoms with Crippen LogP contribution in [0.5, 0.6) is 0 Å². The molecule has 1 aliphatic rings. The molecule has 0 spiro atoms. The zero-order chi connectivity index (χ0) is 13.6. The van der Waals surface area contributed by atoms with Gasteiger partial charge in [0.25, 0.3) is 5.69 Å². The summed E-state index contributed by atoms with van der Waals surface area (Å²) in [6.45, 7) is 2.00. The van der Waals surface area contributed by atoms with Crippen LogP contribution >= 0.6 is 23.4 Å². The van der Waals surface area contributed by atoms with Crippen molar-refractivity contribution in [1.82, 2.24) is 0 Å². The minimum atomic E-state index is -0.395. The van der Waals surface area contributed by atoms with Crippen molar-refractivity contribution in [3.8, 4) is 0 Å². The van der Waals surface area contributed by atoms with E-state index >= 15 is 0 Å². The van der Waals surface area contributed by atoms with Gasteiger partial charge in [-0.25, -0.2) is 0 Å². The Morgan fingerprint density at radius 2 is 2.11 bits per heavy atom. The smallest absolute Gasteiger partial charge is 0.270 e. The molecule has 0 radical (unpaired) electrons. The fraction of sp³-hybridized carbons (Fsp3) is 0.0769. The molecular formula is C13H9ClN2O2S. The second-order valence-electron chi connectivity index (χ2n) is 4.23. The number of halogens is 1. The van der Waals surface area contributed by atoms with Gasteiger partial charge in [-0.3, -0.25) is 10.1 Å². The van der Waals surface area contributed by atoms with Crippen LogP contribution in [-0.2, 0) is 0 Å². The molecule has 0 saturated carbocycles. The van der Waals surface area contributed by atoms with Gasteiger partial charge in [0.1, 0.15) is 0 Å². The van der Waals surface area contributed by atoms with Gasteiger partial charge in [-0.1, -0.05) is 29.4 Å². The van der Waals surface area contributed by atoms with E-state index in [1.54, 1.807) is 12.1 Å². The highest BCUT2D eigenvalue weighted by Crippen LogP contribution is 2.49. The monoisotopic (exact) mass is 292 g/mol. The lowest BCUT2D eigenvalue weighted by Gasteiger charge is -2.23. The first-order valence-electron chi connectivity index (χ1n) is 5.58. The lowest BCUT2D eigenvalue weighted by molar-refractivity contribution is -0.385. The summed E-state index contributed by atoms with van der Waals surface area (Å²) in [6.07, 6.45) is 0. The Hall–Kier alpha value is -1.72. The van der Waals surface area contributed by atoms with Crippen LogP contribution in [0.1, 0.15) is 5.56 Å². The first kappa shape index (κ1) is 12.3. The summed E-state index contributed by atoms with van der Waals surface area (Å²) >= 11 is 7.64. The van der Waals surface area contributed by atoms with Crippen molar-refractivity contribution in [2.24, 2.45) is 0 Å². The van der Waals surface area contributed by atoms with E-state index in [0.29, 0.717) is 5.02 Å². The van der Waals surface area contributed by atoms with Crippen LogP contribution in [0.15, 0.2) is 40.1 Å². The van der Waals surface area contributed by atoms with Gasteiger partial charge in [0, 0.05) is 17.0 Å². The Labute approximate surface area is 118 Å². The molecule has 6 heteroatoms. The predicted octanol–water partition coefficient (Wildman–Crippen LogP) is 4.76. The summed E-state index contributed by atoms with van der Waals surface area (Å²) in [5.41, 5.74) is 3.02. The van der Waals surface area contributed by atoms with Crippen molar-refractivity contribution in [3.63, 3.8) is 0 Å². The fourth-order valence-electron chi connectivity index (χ4n) is 1.97. The summed E-state index contributed by atoms with van der Waals surface area (Å²) in [5, 5.41) is 14.7. The summed E-state index contributed by atoms with van der Waals surface area (Å²) < 4.78 is 0. The molecule has 1 N–H and O–H groups in total. The Kier molecular flexibility index (Phi) is 2.88. The molecule has 4 nitrogen and oxygen atoms in total. The number of fused-ring (bicyclic) bond motifs is 2. The summed E-state index contributed by atoms with van der Waals surface area (Å²) in [5.74, 6) is 0. The highest BCUT2D eigenvalue weighted by atomic mass is 35.5. The van der Waals surface area contributed by atoms with Gasteiger partial charge in [-0.15, -0.1) is 0 Å². The molecule has 0 aromatic heterocycles. The van der Waals surface area contributed by atoms with Crippen molar-refractivity contribution >= 4 is 40.4 Å². The number of nitro benzene ring substituents is 1. The van der Waals surface area contributed by atoms with Gasteiger partial charge >= 0.3 is 0 Å². The normalized spacial score (nSPS) is 12.3. The minimum absolute atomic E-state index is 0.0836. The van der Waals surface area contributed by atoms with E-state index in [0.717, 1.165) is 26.7 Å². The van der Waals surface area contributed by atoms with Crippen LogP contribution < -0.4 is 5.32 Å². The predicted molar refractivity (Wildman–Crippen MR) is 76.7 cm³/mol. The Balaban J connectivity index is 2.12. The molecule has 0 bridgehead atoms. The highest BCUT2D eigenvalue weighted by Gasteiger charge is 2.21. The van der Waals surface area contributed by atoms with Crippen molar-refractivity contribution < 1.29 is 4.92 Å². The highest BCUT2D eigenvalue weighted by molar-refractivity contribution is 7.99. The largest absolute Gasteiger partial charge is 0.353 e. The average Bonchev–Trinajstić information content (AvgIpc) is 2.41. The van der Waals surface area contributed by atoms with Gasteiger partial charge in [0.15, 0.2) is 0 Å². The Bertz CT molecular complexity index is 703. The molecule has 2 aromatic carbocycles. The zero-order valence-corrected chi connectivity index (χ0v) is 11.5. The van der Waals surface area contributed by atoms with E-state index in [2.05, 4.69) is 5.32 Å². The van der Waals surface area contributed by atoms with E-state index in [-0.39, 0.29) is 5.69 Å². The molecule has 0 saturated heterocycles. The number of aryl methyl sites for hydroxylation is 1. The molecule has 2 aromatic rings. The molecule has 1 heterocycles. The molecule has 0 atom stereocenters. The van der Waals surface area contributed by atoms with Crippen LogP contribution in [0.25, 0.3) is 0 Å². The second kappa shape index (κ2) is 4.43. The summed E-state index contributed by atoms with van der Waals surface area (Å²) in [4.78, 5) is 12.1. The van der Waals surface area contributed by atoms with E-state index in [4.69, 9.17) is 11.6 Å². The van der Waals surface area contributed by atoms with Crippen LogP contribution in [0.3, 0.4) is 0 Å². The third-order valence-electron chi connectivity index (χ3n) is 2.97. The lowest BCUT2D eigenvalue weighted by Crippen LogP contribution is -2.02. The third-order valence-corrected chi connectivity index (χ3v) is 4.58. The number of anilines is 2. The second-order valence-corrected chi connectivity index (χ2v) is 5.69. The summed E-state index contributed by atoms with van der Waals surface area (Å²) in [7, 11) is 0. The first-order chi connectivity index (χ1) is 9.06. The van der Waals surface area contributed by atoms with Gasteiger partial charge in [-0.05, 0) is 24.6 Å². The lowest BCUT2D eigenvalue weighted by atomic mass is 10.2. The molecule has 3 rings (SSSR count). The quantitative estimate of drug-likeness (QED) is 0.519. The maximum Gasteiger partial charge on any atom is 0.270 e. The van der Waals surface area contributed by atoms with E-state index < -0.39 is 4.92 Å². The van der Waals surface area contributed by atoms with Crippen LogP contribution in [0.2, 0.25) is 5.02 Å². The molecule has 1 aliphatic heterocycles. The maximum atomic E-state index is 10.8. The molecule has 19 heavy (non-hydrogen) atoms. The number of nitrogens with zero attached hydrogens (tertiary/aromatic N) is 1. The molecule has 0 unspecified atom stereocenters. The number of non-ortho nitro benzene ring substituents is 1. The van der Waals surface area contributed by atoms with Crippen LogP contribution in [0.4, 0.5) is 17.1 Å². The van der Waals surface area contributed by atoms with Crippen molar-refractivity contribution in [1.29, 1.82) is 0 Å². The SMILES string of the molecule is Cc1ccc(Cl)c2c1Nc1ccc([N+](=O)[O-])cc1S2. The number of nitrogens with one attached hydrogen (secondary N) is 1. The van der Waals surface area contributed by atoms with Crippen LogP contribution in [-0.4, -0.2) is 4.92 Å². The van der Waals surface area contributed by atoms with Crippen molar-refractivity contribution in [3.05, 3.63) is 51.0 Å². The number of benzene rings is 2. The Morgan fingerprint density at radius 3 is 2.84 bits per heavy atom. The maximum absolute atomic E-state index is 10.8. The zero-order valence-electron chi connectivity index (χ0n) is 9.94. The molecule has 0 amide bonds. The van der Waals surface area contributed by atoms with Crippen LogP contribution in [0, 0.1) is 17.0 Å². The fourth-order valence-corrected chi connectivity index (χ4v) is 3.35. The number of hydrogen-bond donors (Lipinski definition) is 1. The number of rotatable bonds is 1. The molecule has 96 valence electrons. The van der Waals surface area contributed by atoms with E-state index in [1.807, 2.05) is 19.1 Å². The van der Waals surface area contributed by atoms with Crippen molar-refractivity contribution in [2.45, 2.75) is 16.7 Å². The average molecular weight is 293 g/mol. The molecular weight excluding hydrogens is 284 g/mol. The van der Waals surface area contributed by atoms with Gasteiger partial charge in [0.2, 0.25) is 0 Å². The van der Waals surface area contributed by atoms with Crippen molar-refractivity contribution in [2.75, 3.05) is 5.32 Å². The molecule has 0 aliphatic carbocycles. The topological polar surface area (TPSA) is 55.2 Å². The van der Waals surface area contributed by atoms with E-state index in [1.165, 1.54) is 17.8 Å². The van der Waals surface area contributed by atoms with E-state index in [9.17, 15) is 10.1 Å². The number of hydrogen-bond acceptors (Lipinski definition) is 4. The first-order valence-corrected chi connectivity index (χ1v) is 6.78. The van der Waals surface area contributed by atoms with Gasteiger partial charge < -0.3 is 5.32 Å². The number of nitro groups is 1. The Morgan fingerprint density at radius 1 is 1.32 bits per heavy atom. The molecule has 0 fully saturated rings.